The third-order valence-corrected chi connectivity index (χ3v) is 12.0. The fraction of sp³-hybridized carbons (Fsp3) is 1.00. The van der Waals surface area contributed by atoms with Crippen molar-refractivity contribution in [3.8, 4) is 0 Å². The summed E-state index contributed by atoms with van der Waals surface area (Å²) >= 11 is 0. The van der Waals surface area contributed by atoms with Crippen LogP contribution >= 0.6 is 0 Å². The highest BCUT2D eigenvalue weighted by atomic mass is 32.2. The molecule has 4 saturated carbocycles. The number of hydrogen-bond acceptors (Lipinski definition) is 6. The van der Waals surface area contributed by atoms with Crippen LogP contribution in [-0.4, -0.2) is 42.1 Å². The first-order chi connectivity index (χ1) is 15.7. The Labute approximate surface area is 208 Å². The van der Waals surface area contributed by atoms with Crippen LogP contribution in [0, 0.1) is 46.3 Å². The van der Waals surface area contributed by atoms with Crippen LogP contribution in [0.25, 0.3) is 0 Å². The Kier molecular flexibility index (Phi) is 7.59. The summed E-state index contributed by atoms with van der Waals surface area (Å²) in [6, 6.07) is 0. The zero-order valence-electron chi connectivity index (χ0n) is 21.8. The van der Waals surface area contributed by atoms with E-state index >= 15 is 0 Å². The topological polar surface area (TPSA) is 86.7 Å². The van der Waals surface area contributed by atoms with Gasteiger partial charge in [0.15, 0.2) is 0 Å². The fourth-order valence-electron chi connectivity index (χ4n) is 9.35. The van der Waals surface area contributed by atoms with Crippen molar-refractivity contribution < 1.29 is 25.2 Å². The van der Waals surface area contributed by atoms with Crippen molar-refractivity contribution in [3.05, 3.63) is 0 Å². The van der Waals surface area contributed by atoms with E-state index in [0.29, 0.717) is 35.2 Å². The number of fused-ring (bicyclic) bond motifs is 5. The lowest BCUT2D eigenvalue weighted by atomic mass is 9.44. The summed E-state index contributed by atoms with van der Waals surface area (Å²) in [5, 5.41) is 0. The van der Waals surface area contributed by atoms with Crippen LogP contribution in [0.15, 0.2) is 0 Å². The lowest BCUT2D eigenvalue weighted by Crippen LogP contribution is -2.54. The molecule has 0 amide bonds. The van der Waals surface area contributed by atoms with Gasteiger partial charge in [0.05, 0.1) is 25.2 Å². The first-order valence-electron chi connectivity index (χ1n) is 13.5. The van der Waals surface area contributed by atoms with Gasteiger partial charge in [-0.3, -0.25) is 8.37 Å². The molecule has 0 heterocycles. The van der Waals surface area contributed by atoms with Crippen molar-refractivity contribution in [1.82, 2.24) is 0 Å². The van der Waals surface area contributed by atoms with Crippen molar-refractivity contribution in [2.24, 2.45) is 46.3 Å². The quantitative estimate of drug-likeness (QED) is 0.317. The zero-order chi connectivity index (χ0) is 24.9. The van der Waals surface area contributed by atoms with Crippen LogP contribution in [0.5, 0.6) is 0 Å². The van der Waals surface area contributed by atoms with E-state index in [1.807, 2.05) is 0 Å². The van der Waals surface area contributed by atoms with Crippen LogP contribution in [-0.2, 0) is 28.6 Å². The van der Waals surface area contributed by atoms with Gasteiger partial charge in [-0.15, -0.1) is 0 Å². The van der Waals surface area contributed by atoms with E-state index in [9.17, 15) is 16.8 Å². The molecule has 0 N–H and O–H groups in total. The van der Waals surface area contributed by atoms with Gasteiger partial charge in [-0.05, 0) is 117 Å². The van der Waals surface area contributed by atoms with E-state index in [1.54, 1.807) is 0 Å². The highest BCUT2D eigenvalue weighted by Gasteiger charge is 2.60. The van der Waals surface area contributed by atoms with Gasteiger partial charge in [0, 0.05) is 0 Å². The van der Waals surface area contributed by atoms with Gasteiger partial charge < -0.3 is 0 Å². The molecule has 0 bridgehead atoms. The molecule has 0 aromatic rings. The highest BCUT2D eigenvalue weighted by Crippen LogP contribution is 2.68. The Morgan fingerprint density at radius 1 is 0.853 bits per heavy atom. The second-order valence-corrected chi connectivity index (χ2v) is 16.0. The average molecular weight is 519 g/mol. The molecule has 0 radical (unpaired) electrons. The Bertz CT molecular complexity index is 946. The van der Waals surface area contributed by atoms with Gasteiger partial charge in [-0.25, -0.2) is 0 Å². The summed E-state index contributed by atoms with van der Waals surface area (Å²) in [5.41, 5.74) is 0.701. The molecule has 0 unspecified atom stereocenters. The summed E-state index contributed by atoms with van der Waals surface area (Å²) in [6.07, 6.45) is 14.5. The molecule has 0 saturated heterocycles. The normalized spacial score (nSPS) is 43.6. The Balaban J connectivity index is 1.40. The predicted octanol–water partition coefficient (Wildman–Crippen LogP) is 5.38. The Morgan fingerprint density at radius 2 is 1.53 bits per heavy atom. The number of hydrogen-bond donors (Lipinski definition) is 0. The monoisotopic (exact) mass is 518 g/mol. The summed E-state index contributed by atoms with van der Waals surface area (Å²) < 4.78 is 56.3. The Hall–Kier alpha value is -0.180. The lowest BCUT2D eigenvalue weighted by Gasteiger charge is -2.61. The van der Waals surface area contributed by atoms with Crippen LogP contribution in [0.1, 0.15) is 91.4 Å². The summed E-state index contributed by atoms with van der Waals surface area (Å²) in [7, 11) is -6.74. The zero-order valence-corrected chi connectivity index (χ0v) is 23.4. The molecule has 8 heteroatoms. The molecule has 198 valence electrons. The van der Waals surface area contributed by atoms with E-state index < -0.39 is 20.2 Å². The minimum absolute atomic E-state index is 0.137. The summed E-state index contributed by atoms with van der Waals surface area (Å²) in [6.45, 7) is 7.72. The lowest BCUT2D eigenvalue weighted by molar-refractivity contribution is -0.126. The molecule has 0 aliphatic heterocycles. The first kappa shape index (κ1) is 26.9. The van der Waals surface area contributed by atoms with Crippen molar-refractivity contribution >= 4 is 20.2 Å². The van der Waals surface area contributed by atoms with E-state index in [1.165, 1.54) is 44.8 Å². The molecule has 6 nitrogen and oxygen atoms in total. The molecule has 34 heavy (non-hydrogen) atoms. The molecule has 9 atom stereocenters. The molecular weight excluding hydrogens is 472 g/mol. The molecule has 4 aliphatic carbocycles. The third-order valence-electron chi connectivity index (χ3n) is 10.8. The minimum Gasteiger partial charge on any atom is -0.270 e. The molecule has 4 fully saturated rings. The Morgan fingerprint density at radius 3 is 2.21 bits per heavy atom. The fourth-order valence-corrected chi connectivity index (χ4v) is 10.4. The summed E-state index contributed by atoms with van der Waals surface area (Å²) in [5.74, 6) is 4.20. The molecule has 0 aromatic carbocycles. The summed E-state index contributed by atoms with van der Waals surface area (Å²) in [4.78, 5) is 0. The molecule has 0 aromatic heterocycles. The predicted molar refractivity (Wildman–Crippen MR) is 134 cm³/mol. The smallest absolute Gasteiger partial charge is 0.264 e. The van der Waals surface area contributed by atoms with Crippen molar-refractivity contribution in [2.45, 2.75) is 97.5 Å². The minimum atomic E-state index is -3.39. The second kappa shape index (κ2) is 9.60. The SMILES string of the molecule is C[C@@H](CCCOS(C)(=O)=O)[C@H]1CC[C@H]2[C@@H]3CC[C@H]4C[C@@H](OS(C)(=O)=O)CC[C@]4(C)[C@H]3CC[C@]12C. The van der Waals surface area contributed by atoms with Gasteiger partial charge in [-0.1, -0.05) is 20.8 Å². The molecule has 0 spiro atoms. The van der Waals surface area contributed by atoms with Crippen LogP contribution < -0.4 is 0 Å². The number of rotatable bonds is 8. The molecule has 4 rings (SSSR count). The highest BCUT2D eigenvalue weighted by molar-refractivity contribution is 7.86. The van der Waals surface area contributed by atoms with E-state index in [-0.39, 0.29) is 6.10 Å². The largest absolute Gasteiger partial charge is 0.270 e. The van der Waals surface area contributed by atoms with Crippen LogP contribution in [0.3, 0.4) is 0 Å². The van der Waals surface area contributed by atoms with Gasteiger partial charge in [-0.2, -0.15) is 16.8 Å². The molecule has 4 aliphatic rings. The van der Waals surface area contributed by atoms with Crippen molar-refractivity contribution in [2.75, 3.05) is 19.1 Å². The maximum Gasteiger partial charge on any atom is 0.264 e. The van der Waals surface area contributed by atoms with E-state index in [2.05, 4.69) is 20.8 Å². The maximum atomic E-state index is 11.7. The van der Waals surface area contributed by atoms with E-state index in [4.69, 9.17) is 8.37 Å². The van der Waals surface area contributed by atoms with Crippen LogP contribution in [0.2, 0.25) is 0 Å². The standard InChI is InChI=1S/C26H46O6S2/c1-18(7-6-16-31-33(4,27)28)22-10-11-23-21-9-8-19-17-20(32-34(5,29)30)12-14-25(19,2)24(21)13-15-26(22,23)3/h18-24H,6-17H2,1-5H3/t18-,19-,20-,21-,22+,23-,24-,25-,26+/m0/s1. The maximum absolute atomic E-state index is 11.7. The van der Waals surface area contributed by atoms with Crippen LogP contribution in [0.4, 0.5) is 0 Å². The first-order valence-corrected chi connectivity index (χ1v) is 17.1. The third kappa shape index (κ3) is 5.40. The van der Waals surface area contributed by atoms with E-state index in [0.717, 1.165) is 56.1 Å². The second-order valence-electron chi connectivity index (χ2n) is 12.7. The van der Waals surface area contributed by atoms with Crippen molar-refractivity contribution in [3.63, 3.8) is 0 Å². The van der Waals surface area contributed by atoms with Gasteiger partial charge in [0.25, 0.3) is 20.2 Å². The van der Waals surface area contributed by atoms with Gasteiger partial charge in [0.1, 0.15) is 0 Å². The molecular formula is C26H46O6S2. The van der Waals surface area contributed by atoms with Crippen molar-refractivity contribution in [1.29, 1.82) is 0 Å². The average Bonchev–Trinajstić information content (AvgIpc) is 3.07. The van der Waals surface area contributed by atoms with Gasteiger partial charge in [0.2, 0.25) is 0 Å². The van der Waals surface area contributed by atoms with Gasteiger partial charge >= 0.3 is 0 Å².